The van der Waals surface area contributed by atoms with E-state index in [1.54, 1.807) is 0 Å². The third-order valence-electron chi connectivity index (χ3n) is 6.38. The maximum Gasteiger partial charge on any atom is 0.338 e. The summed E-state index contributed by atoms with van der Waals surface area (Å²) in [6.45, 7) is 4.32. The van der Waals surface area contributed by atoms with Crippen molar-refractivity contribution in [3.8, 4) is 11.5 Å². The normalized spacial score (nSPS) is 15.0. The van der Waals surface area contributed by atoms with Crippen LogP contribution in [-0.2, 0) is 4.74 Å². The Labute approximate surface area is 196 Å². The fourth-order valence-corrected chi connectivity index (χ4v) is 4.63. The van der Waals surface area contributed by atoms with Crippen molar-refractivity contribution in [1.29, 1.82) is 0 Å². The van der Waals surface area contributed by atoms with E-state index in [1.165, 1.54) is 32.1 Å². The van der Waals surface area contributed by atoms with Crippen LogP contribution < -0.4 is 10.1 Å². The molecule has 1 aliphatic rings. The first-order valence-corrected chi connectivity index (χ1v) is 12.0. The van der Waals surface area contributed by atoms with Crippen LogP contribution in [-0.4, -0.2) is 12.6 Å². The summed E-state index contributed by atoms with van der Waals surface area (Å²) in [7, 11) is 0. The molecule has 0 heterocycles. The van der Waals surface area contributed by atoms with Gasteiger partial charge in [-0.3, -0.25) is 0 Å². The zero-order chi connectivity index (χ0) is 23.0. The largest absolute Gasteiger partial charge is 0.462 e. The summed E-state index contributed by atoms with van der Waals surface area (Å²) in [5.74, 6) is 1.86. The average molecular weight is 444 g/mol. The molecule has 1 unspecified atom stereocenters. The first-order chi connectivity index (χ1) is 16.1. The Morgan fingerprint density at radius 2 is 1.73 bits per heavy atom. The molecule has 0 saturated heterocycles. The van der Waals surface area contributed by atoms with Crippen molar-refractivity contribution in [3.63, 3.8) is 0 Å². The van der Waals surface area contributed by atoms with Gasteiger partial charge in [-0.2, -0.15) is 0 Å². The van der Waals surface area contributed by atoms with Crippen LogP contribution in [0.2, 0.25) is 0 Å². The van der Waals surface area contributed by atoms with Crippen molar-refractivity contribution in [1.82, 2.24) is 0 Å². The molecule has 0 bridgehead atoms. The Hall–Kier alpha value is -3.27. The number of carbonyl (C=O) groups is 1. The summed E-state index contributed by atoms with van der Waals surface area (Å²) in [5.41, 5.74) is 3.95. The Balaban J connectivity index is 1.63. The molecule has 33 heavy (non-hydrogen) atoms. The van der Waals surface area contributed by atoms with Gasteiger partial charge >= 0.3 is 5.97 Å². The zero-order valence-corrected chi connectivity index (χ0v) is 19.6. The molecule has 4 nitrogen and oxygen atoms in total. The predicted octanol–water partition coefficient (Wildman–Crippen LogP) is 7.70. The molecule has 3 aromatic rings. The number of carbonyl (C=O) groups excluding carboxylic acids is 1. The minimum absolute atomic E-state index is 0.116. The smallest absolute Gasteiger partial charge is 0.338 e. The monoisotopic (exact) mass is 443 g/mol. The van der Waals surface area contributed by atoms with Gasteiger partial charge in [0, 0.05) is 11.8 Å². The highest BCUT2D eigenvalue weighted by Gasteiger charge is 2.26. The molecule has 0 amide bonds. The molecule has 0 spiro atoms. The standard InChI is InChI=1S/C29H33NO3/c1-3-32-29(31)24-14-10-13-23(19-24)28(22-11-6-4-7-12-22)30-27-20-26(18-17-21(27)2)33-25-15-8-5-9-16-25/h5,8-10,13-20,22,28,30H,3-4,6-7,11-12H2,1-2H3. The van der Waals surface area contributed by atoms with E-state index in [1.807, 2.05) is 61.5 Å². The van der Waals surface area contributed by atoms with E-state index in [0.717, 1.165) is 28.3 Å². The predicted molar refractivity (Wildman–Crippen MR) is 133 cm³/mol. The maximum absolute atomic E-state index is 12.4. The SMILES string of the molecule is CCOC(=O)c1cccc(C(Nc2cc(Oc3ccccc3)ccc2C)C2CCCCC2)c1. The van der Waals surface area contributed by atoms with Gasteiger partial charge in [-0.1, -0.05) is 55.7 Å². The average Bonchev–Trinajstić information content (AvgIpc) is 2.86. The third-order valence-corrected chi connectivity index (χ3v) is 6.38. The van der Waals surface area contributed by atoms with Gasteiger partial charge in [-0.05, 0) is 74.1 Å². The fraction of sp³-hybridized carbons (Fsp3) is 0.345. The number of nitrogens with one attached hydrogen (secondary N) is 1. The van der Waals surface area contributed by atoms with Crippen molar-refractivity contribution in [3.05, 3.63) is 89.5 Å². The van der Waals surface area contributed by atoms with Crippen LogP contribution in [0.4, 0.5) is 5.69 Å². The highest BCUT2D eigenvalue weighted by Crippen LogP contribution is 2.38. The maximum atomic E-state index is 12.4. The highest BCUT2D eigenvalue weighted by molar-refractivity contribution is 5.89. The molecule has 1 fully saturated rings. The minimum Gasteiger partial charge on any atom is -0.462 e. The molecule has 0 aliphatic heterocycles. The van der Waals surface area contributed by atoms with Crippen LogP contribution in [0.1, 0.15) is 66.6 Å². The topological polar surface area (TPSA) is 47.6 Å². The number of benzene rings is 3. The lowest BCUT2D eigenvalue weighted by Gasteiger charge is -2.33. The van der Waals surface area contributed by atoms with Crippen molar-refractivity contribution in [2.45, 2.75) is 52.0 Å². The van der Waals surface area contributed by atoms with Gasteiger partial charge in [0.05, 0.1) is 18.2 Å². The van der Waals surface area contributed by atoms with Crippen molar-refractivity contribution >= 4 is 11.7 Å². The van der Waals surface area contributed by atoms with Gasteiger partial charge in [0.25, 0.3) is 0 Å². The van der Waals surface area contributed by atoms with Gasteiger partial charge in [-0.25, -0.2) is 4.79 Å². The zero-order valence-electron chi connectivity index (χ0n) is 19.6. The first-order valence-electron chi connectivity index (χ1n) is 12.0. The van der Waals surface area contributed by atoms with Crippen LogP contribution in [0.5, 0.6) is 11.5 Å². The number of hydrogen-bond donors (Lipinski definition) is 1. The first kappa shape index (κ1) is 22.9. The number of para-hydroxylation sites is 1. The van der Waals surface area contributed by atoms with Gasteiger partial charge in [-0.15, -0.1) is 0 Å². The number of esters is 1. The molecule has 1 aliphatic carbocycles. The second-order valence-electron chi connectivity index (χ2n) is 8.76. The molecular formula is C29H33NO3. The molecule has 172 valence electrons. The van der Waals surface area contributed by atoms with E-state index >= 15 is 0 Å². The molecule has 3 aromatic carbocycles. The molecular weight excluding hydrogens is 410 g/mol. The molecule has 1 atom stereocenters. The van der Waals surface area contributed by atoms with E-state index in [9.17, 15) is 4.79 Å². The van der Waals surface area contributed by atoms with Crippen molar-refractivity contribution in [2.75, 3.05) is 11.9 Å². The lowest BCUT2D eigenvalue weighted by Crippen LogP contribution is -2.24. The quantitative estimate of drug-likeness (QED) is 0.362. The van der Waals surface area contributed by atoms with Crippen molar-refractivity contribution < 1.29 is 14.3 Å². The van der Waals surface area contributed by atoms with E-state index in [0.29, 0.717) is 18.1 Å². The van der Waals surface area contributed by atoms with Crippen LogP contribution >= 0.6 is 0 Å². The Kier molecular flexibility index (Phi) is 7.66. The molecule has 0 aromatic heterocycles. The second kappa shape index (κ2) is 11.0. The van der Waals surface area contributed by atoms with E-state index in [4.69, 9.17) is 9.47 Å². The summed E-state index contributed by atoms with van der Waals surface area (Å²) in [4.78, 5) is 12.4. The van der Waals surface area contributed by atoms with Gasteiger partial charge in [0.15, 0.2) is 0 Å². The molecule has 4 heteroatoms. The third kappa shape index (κ3) is 5.95. The van der Waals surface area contributed by atoms with E-state index in [2.05, 4.69) is 30.4 Å². The summed E-state index contributed by atoms with van der Waals surface area (Å²) in [5, 5.41) is 3.83. The number of rotatable bonds is 8. The lowest BCUT2D eigenvalue weighted by molar-refractivity contribution is 0.0526. The number of hydrogen-bond acceptors (Lipinski definition) is 4. The number of aryl methyl sites for hydroxylation is 1. The second-order valence-corrected chi connectivity index (χ2v) is 8.76. The van der Waals surface area contributed by atoms with Gasteiger partial charge in [0.2, 0.25) is 0 Å². The molecule has 1 saturated carbocycles. The van der Waals surface area contributed by atoms with Crippen molar-refractivity contribution in [2.24, 2.45) is 5.92 Å². The molecule has 0 radical (unpaired) electrons. The van der Waals surface area contributed by atoms with Crippen LogP contribution in [0.25, 0.3) is 0 Å². The summed E-state index contributed by atoms with van der Waals surface area (Å²) in [6.07, 6.45) is 6.15. The van der Waals surface area contributed by atoms with Gasteiger partial charge in [0.1, 0.15) is 11.5 Å². The van der Waals surface area contributed by atoms with Gasteiger partial charge < -0.3 is 14.8 Å². The van der Waals surface area contributed by atoms with Crippen LogP contribution in [0.3, 0.4) is 0 Å². The number of ether oxygens (including phenoxy) is 2. The van der Waals surface area contributed by atoms with E-state index < -0.39 is 0 Å². The Morgan fingerprint density at radius 1 is 0.939 bits per heavy atom. The minimum atomic E-state index is -0.267. The van der Waals surface area contributed by atoms with Crippen LogP contribution in [0, 0.1) is 12.8 Å². The summed E-state index contributed by atoms with van der Waals surface area (Å²) in [6, 6.07) is 24.0. The van der Waals surface area contributed by atoms with Crippen LogP contribution in [0.15, 0.2) is 72.8 Å². The number of anilines is 1. The summed E-state index contributed by atoms with van der Waals surface area (Å²) >= 11 is 0. The summed E-state index contributed by atoms with van der Waals surface area (Å²) < 4.78 is 11.3. The molecule has 1 N–H and O–H groups in total. The Morgan fingerprint density at radius 3 is 2.48 bits per heavy atom. The Bertz CT molecular complexity index is 1060. The van der Waals surface area contributed by atoms with E-state index in [-0.39, 0.29) is 12.0 Å². The lowest BCUT2D eigenvalue weighted by atomic mass is 9.80. The molecule has 4 rings (SSSR count). The highest BCUT2D eigenvalue weighted by atomic mass is 16.5. The fourth-order valence-electron chi connectivity index (χ4n) is 4.63.